The third-order valence-corrected chi connectivity index (χ3v) is 4.47. The highest BCUT2D eigenvalue weighted by atomic mass is 35.5. The molecule has 0 radical (unpaired) electrons. The summed E-state index contributed by atoms with van der Waals surface area (Å²) in [4.78, 5) is 13.6. The van der Waals surface area contributed by atoms with Crippen molar-refractivity contribution >= 4 is 23.2 Å². The van der Waals surface area contributed by atoms with Gasteiger partial charge in [-0.1, -0.05) is 41.4 Å². The van der Waals surface area contributed by atoms with E-state index in [4.69, 9.17) is 28.2 Å². The molecule has 0 fully saturated rings. The summed E-state index contributed by atoms with van der Waals surface area (Å²) in [6, 6.07) is 20.9. The van der Waals surface area contributed by atoms with E-state index < -0.39 is 0 Å². The highest BCUT2D eigenvalue weighted by Gasteiger charge is 2.12. The number of halogens is 2. The van der Waals surface area contributed by atoms with Gasteiger partial charge in [0.1, 0.15) is 0 Å². The Balaban J connectivity index is 1.94. The van der Waals surface area contributed by atoms with Gasteiger partial charge in [0, 0.05) is 28.0 Å². The number of aromatic nitrogens is 3. The molecule has 4 rings (SSSR count). The van der Waals surface area contributed by atoms with Crippen molar-refractivity contribution < 1.29 is 0 Å². The van der Waals surface area contributed by atoms with E-state index in [1.54, 1.807) is 18.5 Å². The molecule has 0 aliphatic heterocycles. The van der Waals surface area contributed by atoms with Crippen LogP contribution in [0.4, 0.5) is 0 Å². The Kier molecular flexibility index (Phi) is 4.65. The van der Waals surface area contributed by atoms with Crippen molar-refractivity contribution in [3.8, 4) is 33.9 Å². The molecule has 0 amide bonds. The first-order chi connectivity index (χ1) is 12.7. The van der Waals surface area contributed by atoms with Crippen molar-refractivity contribution in [1.29, 1.82) is 0 Å². The molecule has 0 N–H and O–H groups in total. The summed E-state index contributed by atoms with van der Waals surface area (Å²) in [5, 5.41) is 1.19. The lowest BCUT2D eigenvalue weighted by Crippen LogP contribution is -1.94. The molecule has 5 heteroatoms. The topological polar surface area (TPSA) is 38.7 Å². The number of benzene rings is 1. The van der Waals surface area contributed by atoms with Crippen LogP contribution in [0.2, 0.25) is 10.0 Å². The van der Waals surface area contributed by atoms with Crippen molar-refractivity contribution in [3.63, 3.8) is 0 Å². The molecule has 3 nitrogen and oxygen atoms in total. The minimum absolute atomic E-state index is 0.586. The van der Waals surface area contributed by atoms with Gasteiger partial charge in [0.2, 0.25) is 0 Å². The zero-order chi connectivity index (χ0) is 17.9. The van der Waals surface area contributed by atoms with Crippen molar-refractivity contribution in [2.75, 3.05) is 0 Å². The van der Waals surface area contributed by atoms with Crippen LogP contribution >= 0.6 is 23.2 Å². The Labute approximate surface area is 161 Å². The van der Waals surface area contributed by atoms with Gasteiger partial charge in [-0.15, -0.1) is 0 Å². The second-order valence-electron chi connectivity index (χ2n) is 5.68. The predicted molar refractivity (Wildman–Crippen MR) is 106 cm³/mol. The molecule has 3 aromatic heterocycles. The number of hydrogen-bond donors (Lipinski definition) is 0. The van der Waals surface area contributed by atoms with Gasteiger partial charge < -0.3 is 0 Å². The van der Waals surface area contributed by atoms with E-state index in [2.05, 4.69) is 9.97 Å². The van der Waals surface area contributed by atoms with Crippen LogP contribution in [0.25, 0.3) is 33.9 Å². The standard InChI is InChI=1S/C21H13Cl2N3/c22-15-7-8-16(17(23)13-15)14-11-20(18-5-1-3-9-24-18)26-21(12-14)19-6-2-4-10-25-19/h1-13H. The van der Waals surface area contributed by atoms with Gasteiger partial charge in [-0.25, -0.2) is 4.98 Å². The molecule has 0 aliphatic rings. The molecule has 0 saturated heterocycles. The Morgan fingerprint density at radius 1 is 0.615 bits per heavy atom. The second-order valence-corrected chi connectivity index (χ2v) is 6.52. The maximum Gasteiger partial charge on any atom is 0.0900 e. The summed E-state index contributed by atoms with van der Waals surface area (Å²) in [6.45, 7) is 0. The number of pyridine rings is 3. The monoisotopic (exact) mass is 377 g/mol. The van der Waals surface area contributed by atoms with Gasteiger partial charge in [-0.2, -0.15) is 0 Å². The smallest absolute Gasteiger partial charge is 0.0900 e. The first-order valence-electron chi connectivity index (χ1n) is 8.01. The summed E-state index contributed by atoms with van der Waals surface area (Å²) < 4.78 is 0. The fourth-order valence-electron chi connectivity index (χ4n) is 2.70. The second kappa shape index (κ2) is 7.24. The molecule has 3 heterocycles. The van der Waals surface area contributed by atoms with Gasteiger partial charge in [0.05, 0.1) is 22.8 Å². The third kappa shape index (κ3) is 3.45. The molecular formula is C21H13Cl2N3. The SMILES string of the molecule is Clc1ccc(-c2cc(-c3ccccn3)nc(-c3ccccn3)c2)c(Cl)c1. The van der Waals surface area contributed by atoms with E-state index in [1.165, 1.54) is 0 Å². The van der Waals surface area contributed by atoms with Crippen LogP contribution in [0.3, 0.4) is 0 Å². The Morgan fingerprint density at radius 2 is 1.23 bits per heavy atom. The Hall–Kier alpha value is -2.75. The van der Waals surface area contributed by atoms with Gasteiger partial charge in [0.15, 0.2) is 0 Å². The average Bonchev–Trinajstić information content (AvgIpc) is 2.69. The molecule has 0 saturated carbocycles. The largest absolute Gasteiger partial charge is 0.255 e. The molecule has 0 bridgehead atoms. The third-order valence-electron chi connectivity index (χ3n) is 3.92. The minimum atomic E-state index is 0.586. The maximum atomic E-state index is 6.42. The molecule has 0 spiro atoms. The Morgan fingerprint density at radius 3 is 1.73 bits per heavy atom. The first kappa shape index (κ1) is 16.7. The van der Waals surface area contributed by atoms with Crippen LogP contribution in [0.5, 0.6) is 0 Å². The molecule has 0 aliphatic carbocycles. The van der Waals surface area contributed by atoms with E-state index in [0.29, 0.717) is 10.0 Å². The molecule has 0 unspecified atom stereocenters. The maximum absolute atomic E-state index is 6.42. The van der Waals surface area contributed by atoms with E-state index >= 15 is 0 Å². The van der Waals surface area contributed by atoms with E-state index in [-0.39, 0.29) is 0 Å². The highest BCUT2D eigenvalue weighted by Crippen LogP contribution is 2.34. The quantitative estimate of drug-likeness (QED) is 0.427. The summed E-state index contributed by atoms with van der Waals surface area (Å²) in [6.07, 6.45) is 3.50. The van der Waals surface area contributed by atoms with Crippen LogP contribution in [-0.2, 0) is 0 Å². The van der Waals surface area contributed by atoms with Crippen molar-refractivity contribution in [2.45, 2.75) is 0 Å². The molecule has 26 heavy (non-hydrogen) atoms. The zero-order valence-electron chi connectivity index (χ0n) is 13.6. The zero-order valence-corrected chi connectivity index (χ0v) is 15.1. The number of hydrogen-bond acceptors (Lipinski definition) is 3. The van der Waals surface area contributed by atoms with Gasteiger partial charge in [-0.3, -0.25) is 9.97 Å². The summed E-state index contributed by atoms with van der Waals surface area (Å²) in [7, 11) is 0. The van der Waals surface area contributed by atoms with E-state index in [0.717, 1.165) is 33.9 Å². The lowest BCUT2D eigenvalue weighted by atomic mass is 10.0. The highest BCUT2D eigenvalue weighted by molar-refractivity contribution is 6.36. The lowest BCUT2D eigenvalue weighted by molar-refractivity contribution is 1.22. The normalized spacial score (nSPS) is 10.7. The fourth-order valence-corrected chi connectivity index (χ4v) is 3.22. The van der Waals surface area contributed by atoms with Crippen LogP contribution in [-0.4, -0.2) is 15.0 Å². The minimum Gasteiger partial charge on any atom is -0.255 e. The number of rotatable bonds is 3. The lowest BCUT2D eigenvalue weighted by Gasteiger charge is -2.10. The summed E-state index contributed by atoms with van der Waals surface area (Å²) >= 11 is 12.5. The summed E-state index contributed by atoms with van der Waals surface area (Å²) in [5.74, 6) is 0. The molecule has 0 atom stereocenters. The first-order valence-corrected chi connectivity index (χ1v) is 8.76. The molecule has 1 aromatic carbocycles. The molecule has 126 valence electrons. The van der Waals surface area contributed by atoms with Crippen LogP contribution in [0, 0.1) is 0 Å². The van der Waals surface area contributed by atoms with Gasteiger partial charge in [0.25, 0.3) is 0 Å². The van der Waals surface area contributed by atoms with Crippen LogP contribution in [0.1, 0.15) is 0 Å². The fraction of sp³-hybridized carbons (Fsp3) is 0. The van der Waals surface area contributed by atoms with Crippen LogP contribution in [0.15, 0.2) is 79.1 Å². The van der Waals surface area contributed by atoms with Gasteiger partial charge in [-0.05, 0) is 54.1 Å². The van der Waals surface area contributed by atoms with E-state index in [1.807, 2.05) is 60.7 Å². The van der Waals surface area contributed by atoms with Gasteiger partial charge >= 0.3 is 0 Å². The van der Waals surface area contributed by atoms with E-state index in [9.17, 15) is 0 Å². The van der Waals surface area contributed by atoms with Crippen LogP contribution < -0.4 is 0 Å². The molecular weight excluding hydrogens is 365 g/mol. The summed E-state index contributed by atoms with van der Waals surface area (Å²) in [5.41, 5.74) is 4.91. The average molecular weight is 378 g/mol. The van der Waals surface area contributed by atoms with Crippen molar-refractivity contribution in [1.82, 2.24) is 15.0 Å². The Bertz CT molecular complexity index is 994. The predicted octanol–water partition coefficient (Wildman–Crippen LogP) is 6.18. The van der Waals surface area contributed by atoms with Crippen molar-refractivity contribution in [3.05, 3.63) is 89.2 Å². The number of nitrogens with zero attached hydrogens (tertiary/aromatic N) is 3. The molecule has 4 aromatic rings. The van der Waals surface area contributed by atoms with Crippen molar-refractivity contribution in [2.24, 2.45) is 0 Å².